The van der Waals surface area contributed by atoms with Crippen LogP contribution in [0.25, 0.3) is 0 Å². The summed E-state index contributed by atoms with van der Waals surface area (Å²) in [5.74, 6) is 3.54. The van der Waals surface area contributed by atoms with Gasteiger partial charge in [-0.2, -0.15) is 4.98 Å². The van der Waals surface area contributed by atoms with Gasteiger partial charge < -0.3 is 14.6 Å². The van der Waals surface area contributed by atoms with Gasteiger partial charge in [0.05, 0.1) is 26.0 Å². The number of hydrogen-bond donors (Lipinski definition) is 1. The normalized spacial score (nSPS) is 27.2. The van der Waals surface area contributed by atoms with E-state index in [1.54, 1.807) is 13.3 Å². The number of aliphatic hydroxyl groups excluding tert-OH is 1. The molecule has 27 heavy (non-hydrogen) atoms. The highest BCUT2D eigenvalue weighted by molar-refractivity contribution is 5.29. The maximum absolute atomic E-state index is 9.77. The van der Waals surface area contributed by atoms with Gasteiger partial charge in [0.25, 0.3) is 0 Å². The molecule has 2 aliphatic rings. The van der Waals surface area contributed by atoms with E-state index in [1.807, 2.05) is 25.3 Å². The van der Waals surface area contributed by atoms with Gasteiger partial charge >= 0.3 is 0 Å². The summed E-state index contributed by atoms with van der Waals surface area (Å²) >= 11 is 0. The Morgan fingerprint density at radius 1 is 1.11 bits per heavy atom. The summed E-state index contributed by atoms with van der Waals surface area (Å²) in [6.45, 7) is 2.54. The molecule has 2 atom stereocenters. The molecular formula is C21H27N3O3. The van der Waals surface area contributed by atoms with Gasteiger partial charge in [0.2, 0.25) is 5.88 Å². The van der Waals surface area contributed by atoms with Crippen molar-refractivity contribution in [2.24, 2.45) is 5.92 Å². The van der Waals surface area contributed by atoms with Crippen LogP contribution in [0, 0.1) is 12.8 Å². The van der Waals surface area contributed by atoms with Gasteiger partial charge in [-0.25, -0.2) is 4.98 Å². The number of pyridine rings is 1. The second-order valence-electron chi connectivity index (χ2n) is 7.72. The van der Waals surface area contributed by atoms with E-state index < -0.39 is 0 Å². The molecule has 0 aromatic carbocycles. The lowest BCUT2D eigenvalue weighted by atomic mass is 9.83. The van der Waals surface area contributed by atoms with Crippen molar-refractivity contribution in [1.29, 1.82) is 0 Å². The van der Waals surface area contributed by atoms with E-state index in [-0.39, 0.29) is 6.10 Å². The van der Waals surface area contributed by atoms with Crippen LogP contribution in [0.15, 0.2) is 24.5 Å². The van der Waals surface area contributed by atoms with Gasteiger partial charge in [-0.05, 0) is 57.1 Å². The third-order valence-corrected chi connectivity index (χ3v) is 5.77. The zero-order valence-electron chi connectivity index (χ0n) is 16.0. The van der Waals surface area contributed by atoms with Crippen molar-refractivity contribution in [3.05, 3.63) is 41.6 Å². The molecule has 0 saturated heterocycles. The van der Waals surface area contributed by atoms with E-state index in [0.29, 0.717) is 24.4 Å². The molecule has 2 aromatic rings. The Balaban J connectivity index is 1.39. The fourth-order valence-corrected chi connectivity index (χ4v) is 3.95. The Bertz CT molecular complexity index is 773. The standard InChI is InChI=1S/C21H27N3O3/c1-13-22-11-19(14-3-5-16(25)6-4-14)21(24-13)27-12-15-9-18(15)20-8-7-17(26-2)10-23-20/h7-8,10-11,14-16,18,25H,3-6,9,12H2,1-2H3/t14?,15-,16?,18+/m1/s1. The maximum Gasteiger partial charge on any atom is 0.220 e. The molecular weight excluding hydrogens is 342 g/mol. The summed E-state index contributed by atoms with van der Waals surface area (Å²) in [7, 11) is 1.65. The molecule has 0 spiro atoms. The fourth-order valence-electron chi connectivity index (χ4n) is 3.95. The van der Waals surface area contributed by atoms with Crippen molar-refractivity contribution in [3.8, 4) is 11.6 Å². The number of rotatable bonds is 6. The molecule has 2 heterocycles. The highest BCUT2D eigenvalue weighted by Gasteiger charge is 2.40. The van der Waals surface area contributed by atoms with Gasteiger partial charge in [0.1, 0.15) is 11.6 Å². The minimum Gasteiger partial charge on any atom is -0.495 e. The lowest BCUT2D eigenvalue weighted by Crippen LogP contribution is -2.18. The first-order chi connectivity index (χ1) is 13.1. The van der Waals surface area contributed by atoms with E-state index in [4.69, 9.17) is 9.47 Å². The van der Waals surface area contributed by atoms with Crippen LogP contribution in [-0.2, 0) is 0 Å². The van der Waals surface area contributed by atoms with E-state index >= 15 is 0 Å². The lowest BCUT2D eigenvalue weighted by molar-refractivity contribution is 0.121. The number of aryl methyl sites for hydroxylation is 1. The Morgan fingerprint density at radius 2 is 1.93 bits per heavy atom. The summed E-state index contributed by atoms with van der Waals surface area (Å²) in [5.41, 5.74) is 2.19. The van der Waals surface area contributed by atoms with Crippen LogP contribution in [0.5, 0.6) is 11.6 Å². The molecule has 2 saturated carbocycles. The number of ether oxygens (including phenoxy) is 2. The third-order valence-electron chi connectivity index (χ3n) is 5.77. The van der Waals surface area contributed by atoms with E-state index in [0.717, 1.165) is 60.8 Å². The number of aliphatic hydroxyl groups is 1. The maximum atomic E-state index is 9.77. The van der Waals surface area contributed by atoms with Gasteiger partial charge in [0, 0.05) is 29.3 Å². The number of methoxy groups -OCH3 is 1. The van der Waals surface area contributed by atoms with Gasteiger partial charge in [0.15, 0.2) is 0 Å². The molecule has 0 bridgehead atoms. The van der Waals surface area contributed by atoms with Gasteiger partial charge in [-0.1, -0.05) is 0 Å². The van der Waals surface area contributed by atoms with Crippen LogP contribution >= 0.6 is 0 Å². The van der Waals surface area contributed by atoms with Crippen LogP contribution in [0.1, 0.15) is 61.0 Å². The van der Waals surface area contributed by atoms with Crippen molar-refractivity contribution in [2.75, 3.05) is 13.7 Å². The molecule has 2 aromatic heterocycles. The molecule has 2 fully saturated rings. The van der Waals surface area contributed by atoms with E-state index in [1.165, 1.54) is 0 Å². The van der Waals surface area contributed by atoms with Crippen LogP contribution in [0.2, 0.25) is 0 Å². The predicted molar refractivity (Wildman–Crippen MR) is 101 cm³/mol. The Hall–Kier alpha value is -2.21. The zero-order chi connectivity index (χ0) is 18.8. The van der Waals surface area contributed by atoms with Crippen molar-refractivity contribution in [3.63, 3.8) is 0 Å². The van der Waals surface area contributed by atoms with Crippen molar-refractivity contribution in [2.45, 2.75) is 57.0 Å². The lowest BCUT2D eigenvalue weighted by Gasteiger charge is -2.26. The fraction of sp³-hybridized carbons (Fsp3) is 0.571. The summed E-state index contributed by atoms with van der Waals surface area (Å²) in [5, 5.41) is 9.77. The molecule has 1 N–H and O–H groups in total. The first-order valence-electron chi connectivity index (χ1n) is 9.78. The van der Waals surface area contributed by atoms with E-state index in [2.05, 4.69) is 15.0 Å². The van der Waals surface area contributed by atoms with Crippen molar-refractivity contribution in [1.82, 2.24) is 15.0 Å². The van der Waals surface area contributed by atoms with Crippen molar-refractivity contribution >= 4 is 0 Å². The predicted octanol–water partition coefficient (Wildman–Crippen LogP) is 3.39. The molecule has 6 heteroatoms. The minimum atomic E-state index is -0.166. The quantitative estimate of drug-likeness (QED) is 0.841. The average molecular weight is 369 g/mol. The van der Waals surface area contributed by atoms with Gasteiger partial charge in [-0.15, -0.1) is 0 Å². The second kappa shape index (κ2) is 7.80. The van der Waals surface area contributed by atoms with Crippen LogP contribution in [0.4, 0.5) is 0 Å². The summed E-state index contributed by atoms with van der Waals surface area (Å²) in [4.78, 5) is 13.4. The molecule has 2 aliphatic carbocycles. The highest BCUT2D eigenvalue weighted by Crippen LogP contribution is 2.47. The molecule has 4 rings (SSSR count). The average Bonchev–Trinajstić information content (AvgIpc) is 3.47. The molecule has 0 unspecified atom stereocenters. The first kappa shape index (κ1) is 18.2. The first-order valence-corrected chi connectivity index (χ1v) is 9.78. The van der Waals surface area contributed by atoms with Crippen LogP contribution < -0.4 is 9.47 Å². The SMILES string of the molecule is COc1ccc([C@H]2C[C@@H]2COc2nc(C)ncc2C2CCC(O)CC2)nc1. The van der Waals surface area contributed by atoms with Gasteiger partial charge in [-0.3, -0.25) is 4.98 Å². The molecule has 0 amide bonds. The van der Waals surface area contributed by atoms with Crippen LogP contribution in [0.3, 0.4) is 0 Å². The number of aromatic nitrogens is 3. The third kappa shape index (κ3) is 4.21. The Kier molecular flexibility index (Phi) is 5.25. The van der Waals surface area contributed by atoms with Crippen molar-refractivity contribution < 1.29 is 14.6 Å². The number of nitrogens with zero attached hydrogens (tertiary/aromatic N) is 3. The topological polar surface area (TPSA) is 77.4 Å². The summed E-state index contributed by atoms with van der Waals surface area (Å²) in [6.07, 6.45) is 8.22. The molecule has 144 valence electrons. The van der Waals surface area contributed by atoms with E-state index in [9.17, 15) is 5.11 Å². The monoisotopic (exact) mass is 369 g/mol. The summed E-state index contributed by atoms with van der Waals surface area (Å²) in [6, 6.07) is 4.00. The molecule has 0 aliphatic heterocycles. The molecule has 6 nitrogen and oxygen atoms in total. The smallest absolute Gasteiger partial charge is 0.220 e. The minimum absolute atomic E-state index is 0.166. The zero-order valence-corrected chi connectivity index (χ0v) is 16.0. The Morgan fingerprint density at radius 3 is 2.63 bits per heavy atom. The summed E-state index contributed by atoms with van der Waals surface area (Å²) < 4.78 is 11.3. The Labute approximate surface area is 160 Å². The van der Waals surface area contributed by atoms with Crippen LogP contribution in [-0.4, -0.2) is 39.9 Å². The largest absolute Gasteiger partial charge is 0.495 e. The highest BCUT2D eigenvalue weighted by atomic mass is 16.5. The second-order valence-corrected chi connectivity index (χ2v) is 7.72. The molecule has 0 radical (unpaired) electrons. The number of hydrogen-bond acceptors (Lipinski definition) is 6.